The molecule has 8 heteroatoms. The van der Waals surface area contributed by atoms with E-state index >= 15 is 0 Å². The fourth-order valence-electron chi connectivity index (χ4n) is 3.69. The molecule has 0 radical (unpaired) electrons. The Morgan fingerprint density at radius 1 is 1.22 bits per heavy atom. The topological polar surface area (TPSA) is 101 Å². The van der Waals surface area contributed by atoms with Crippen molar-refractivity contribution in [3.8, 4) is 11.5 Å². The number of aryl methyl sites for hydroxylation is 1. The normalized spacial score (nSPS) is 20.8. The molecule has 2 fully saturated rings. The lowest BCUT2D eigenvalue weighted by atomic mass is 9.93. The molecule has 1 N–H and O–H groups in total. The van der Waals surface area contributed by atoms with E-state index in [0.29, 0.717) is 31.2 Å². The number of H-pyrrole nitrogens is 1. The molecule has 0 spiro atoms. The highest BCUT2D eigenvalue weighted by Gasteiger charge is 2.31. The van der Waals surface area contributed by atoms with Crippen molar-refractivity contribution in [3.63, 3.8) is 0 Å². The third kappa shape index (κ3) is 3.90. The van der Waals surface area contributed by atoms with E-state index in [9.17, 15) is 9.59 Å². The monoisotopic (exact) mass is 369 g/mol. The van der Waals surface area contributed by atoms with Crippen LogP contribution >= 0.6 is 0 Å². The van der Waals surface area contributed by atoms with Gasteiger partial charge in [0.15, 0.2) is 5.82 Å². The molecule has 0 saturated carbocycles. The molecule has 2 aromatic rings. The molecule has 0 aliphatic carbocycles. The molecule has 4 heterocycles. The van der Waals surface area contributed by atoms with Crippen LogP contribution in [0.15, 0.2) is 23.3 Å². The molecule has 1 atom stereocenters. The standard InChI is InChI=1S/C19H23N5O3/c1-12-10-21-15(11-20-12)18-22-14(9-17(25)23-18)13-4-6-24(7-5-13)19(26)16-3-2-8-27-16/h9-11,13,16H,2-8H2,1H3,(H,22,23,25)/t16-/m1/s1. The van der Waals surface area contributed by atoms with Gasteiger partial charge in [0.25, 0.3) is 11.5 Å². The van der Waals surface area contributed by atoms with Crippen LogP contribution in [0.1, 0.15) is 43.0 Å². The Labute approximate surface area is 157 Å². The number of aromatic nitrogens is 4. The largest absolute Gasteiger partial charge is 0.368 e. The van der Waals surface area contributed by atoms with Gasteiger partial charge < -0.3 is 14.6 Å². The molecule has 0 unspecified atom stereocenters. The summed E-state index contributed by atoms with van der Waals surface area (Å²) in [7, 11) is 0. The van der Waals surface area contributed by atoms with Crippen molar-refractivity contribution in [2.24, 2.45) is 0 Å². The van der Waals surface area contributed by atoms with Gasteiger partial charge in [-0.2, -0.15) is 0 Å². The number of piperidine rings is 1. The SMILES string of the molecule is Cc1cnc(-c2nc(C3CCN(C(=O)[C@H]4CCCO4)CC3)cc(=O)[nH]2)cn1. The van der Waals surface area contributed by atoms with Gasteiger partial charge in [-0.15, -0.1) is 0 Å². The second kappa shape index (κ2) is 7.56. The van der Waals surface area contributed by atoms with Gasteiger partial charge in [0.05, 0.1) is 17.6 Å². The summed E-state index contributed by atoms with van der Waals surface area (Å²) in [6.07, 6.45) is 6.33. The van der Waals surface area contributed by atoms with Gasteiger partial charge >= 0.3 is 0 Å². The van der Waals surface area contributed by atoms with Crippen molar-refractivity contribution in [3.05, 3.63) is 40.2 Å². The fraction of sp³-hybridized carbons (Fsp3) is 0.526. The molecular formula is C19H23N5O3. The van der Waals surface area contributed by atoms with Gasteiger partial charge in [0.1, 0.15) is 11.8 Å². The Balaban J connectivity index is 1.47. The number of amides is 1. The second-order valence-electron chi connectivity index (χ2n) is 7.16. The zero-order valence-electron chi connectivity index (χ0n) is 15.4. The molecular weight excluding hydrogens is 346 g/mol. The summed E-state index contributed by atoms with van der Waals surface area (Å²) >= 11 is 0. The van der Waals surface area contributed by atoms with Crippen molar-refractivity contribution in [1.29, 1.82) is 0 Å². The van der Waals surface area contributed by atoms with E-state index in [1.165, 1.54) is 0 Å². The molecule has 142 valence electrons. The molecule has 1 amide bonds. The minimum absolute atomic E-state index is 0.0976. The van der Waals surface area contributed by atoms with Crippen LogP contribution in [0.25, 0.3) is 11.5 Å². The van der Waals surface area contributed by atoms with Crippen LogP contribution in [-0.4, -0.2) is 56.5 Å². The Bertz CT molecular complexity index is 866. The molecule has 4 rings (SSSR count). The summed E-state index contributed by atoms with van der Waals surface area (Å²) in [5.41, 5.74) is 1.90. The number of nitrogens with one attached hydrogen (secondary N) is 1. The summed E-state index contributed by atoms with van der Waals surface area (Å²) in [5, 5.41) is 0. The minimum Gasteiger partial charge on any atom is -0.368 e. The maximum Gasteiger partial charge on any atom is 0.251 e. The molecule has 0 bridgehead atoms. The lowest BCUT2D eigenvalue weighted by molar-refractivity contribution is -0.142. The summed E-state index contributed by atoms with van der Waals surface area (Å²) in [6.45, 7) is 3.86. The zero-order chi connectivity index (χ0) is 18.8. The van der Waals surface area contributed by atoms with Crippen molar-refractivity contribution in [1.82, 2.24) is 24.8 Å². The van der Waals surface area contributed by atoms with Crippen LogP contribution in [0.2, 0.25) is 0 Å². The van der Waals surface area contributed by atoms with Gasteiger partial charge in [0.2, 0.25) is 0 Å². The Kier molecular flexibility index (Phi) is 4.98. The summed E-state index contributed by atoms with van der Waals surface area (Å²) < 4.78 is 5.51. The van der Waals surface area contributed by atoms with E-state index in [0.717, 1.165) is 37.1 Å². The third-order valence-electron chi connectivity index (χ3n) is 5.22. The number of hydrogen-bond acceptors (Lipinski definition) is 6. The first-order valence-corrected chi connectivity index (χ1v) is 9.41. The molecule has 8 nitrogen and oxygen atoms in total. The van der Waals surface area contributed by atoms with E-state index in [2.05, 4.69) is 19.9 Å². The Morgan fingerprint density at radius 2 is 2.04 bits per heavy atom. The van der Waals surface area contributed by atoms with Gasteiger partial charge in [-0.3, -0.25) is 14.6 Å². The highest BCUT2D eigenvalue weighted by atomic mass is 16.5. The number of rotatable bonds is 3. The number of carbonyl (C=O) groups is 1. The number of hydrogen-bond donors (Lipinski definition) is 1. The first-order chi connectivity index (χ1) is 13.1. The maximum absolute atomic E-state index is 12.5. The number of ether oxygens (including phenoxy) is 1. The second-order valence-corrected chi connectivity index (χ2v) is 7.16. The number of nitrogens with zero attached hydrogens (tertiary/aromatic N) is 4. The van der Waals surface area contributed by atoms with Crippen LogP contribution in [-0.2, 0) is 9.53 Å². The molecule has 0 aromatic carbocycles. The predicted octanol–water partition coefficient (Wildman–Crippen LogP) is 1.42. The molecule has 2 aliphatic heterocycles. The maximum atomic E-state index is 12.5. The quantitative estimate of drug-likeness (QED) is 0.878. The Hall–Kier alpha value is -2.61. The van der Waals surface area contributed by atoms with Gasteiger partial charge in [0, 0.05) is 37.9 Å². The first kappa shape index (κ1) is 17.8. The predicted molar refractivity (Wildman–Crippen MR) is 98.1 cm³/mol. The lowest BCUT2D eigenvalue weighted by Crippen LogP contribution is -2.43. The van der Waals surface area contributed by atoms with Crippen LogP contribution in [0, 0.1) is 6.92 Å². The first-order valence-electron chi connectivity index (χ1n) is 9.41. The van der Waals surface area contributed by atoms with Gasteiger partial charge in [-0.05, 0) is 32.6 Å². The minimum atomic E-state index is -0.272. The zero-order valence-corrected chi connectivity index (χ0v) is 15.4. The smallest absolute Gasteiger partial charge is 0.251 e. The molecule has 2 saturated heterocycles. The van der Waals surface area contributed by atoms with Gasteiger partial charge in [-0.1, -0.05) is 0 Å². The van der Waals surface area contributed by atoms with Crippen LogP contribution in [0.4, 0.5) is 0 Å². The molecule has 2 aromatic heterocycles. The van der Waals surface area contributed by atoms with Crippen molar-refractivity contribution >= 4 is 5.91 Å². The lowest BCUT2D eigenvalue weighted by Gasteiger charge is -2.33. The summed E-state index contributed by atoms with van der Waals surface area (Å²) in [5.74, 6) is 0.682. The van der Waals surface area contributed by atoms with Crippen molar-refractivity contribution < 1.29 is 9.53 Å². The summed E-state index contributed by atoms with van der Waals surface area (Å²) in [6, 6.07) is 1.55. The Morgan fingerprint density at radius 3 is 2.70 bits per heavy atom. The van der Waals surface area contributed by atoms with Crippen molar-refractivity contribution in [2.45, 2.75) is 44.6 Å². The van der Waals surface area contributed by atoms with E-state index < -0.39 is 0 Å². The fourth-order valence-corrected chi connectivity index (χ4v) is 3.69. The number of likely N-dealkylation sites (tertiary alicyclic amines) is 1. The van der Waals surface area contributed by atoms with E-state index in [1.807, 2.05) is 11.8 Å². The van der Waals surface area contributed by atoms with E-state index in [4.69, 9.17) is 4.74 Å². The average Bonchev–Trinajstić information content (AvgIpc) is 3.22. The van der Waals surface area contributed by atoms with Crippen molar-refractivity contribution in [2.75, 3.05) is 19.7 Å². The van der Waals surface area contributed by atoms with E-state index in [-0.39, 0.29) is 23.5 Å². The van der Waals surface area contributed by atoms with Gasteiger partial charge in [-0.25, -0.2) is 9.97 Å². The summed E-state index contributed by atoms with van der Waals surface area (Å²) in [4.78, 5) is 42.3. The molecule has 27 heavy (non-hydrogen) atoms. The van der Waals surface area contributed by atoms with Crippen LogP contribution in [0.3, 0.4) is 0 Å². The number of carbonyl (C=O) groups excluding carboxylic acids is 1. The van der Waals surface area contributed by atoms with Crippen LogP contribution < -0.4 is 5.56 Å². The molecule has 2 aliphatic rings. The number of aromatic amines is 1. The highest BCUT2D eigenvalue weighted by Crippen LogP contribution is 2.28. The highest BCUT2D eigenvalue weighted by molar-refractivity contribution is 5.81. The third-order valence-corrected chi connectivity index (χ3v) is 5.22. The van der Waals surface area contributed by atoms with E-state index in [1.54, 1.807) is 18.5 Å². The van der Waals surface area contributed by atoms with Crippen LogP contribution in [0.5, 0.6) is 0 Å². The average molecular weight is 369 g/mol.